The summed E-state index contributed by atoms with van der Waals surface area (Å²) in [4.78, 5) is 34.5. The van der Waals surface area contributed by atoms with E-state index in [-0.39, 0.29) is 17.9 Å². The number of benzene rings is 1. The van der Waals surface area contributed by atoms with Crippen molar-refractivity contribution in [1.82, 2.24) is 5.32 Å². The van der Waals surface area contributed by atoms with Gasteiger partial charge in [0.05, 0.1) is 24.1 Å². The van der Waals surface area contributed by atoms with Gasteiger partial charge in [-0.05, 0) is 25.1 Å². The first-order chi connectivity index (χ1) is 11.9. The largest absolute Gasteiger partial charge is 0.481 e. The topological polar surface area (TPSA) is 105 Å². The van der Waals surface area contributed by atoms with Crippen LogP contribution in [0.3, 0.4) is 0 Å². The number of halogens is 3. The minimum atomic E-state index is -4.74. The molecule has 0 aliphatic rings. The van der Waals surface area contributed by atoms with Crippen molar-refractivity contribution in [1.29, 1.82) is 0 Å². The van der Waals surface area contributed by atoms with E-state index in [4.69, 9.17) is 9.84 Å². The zero-order valence-electron chi connectivity index (χ0n) is 14.4. The van der Waals surface area contributed by atoms with Crippen molar-refractivity contribution < 1.29 is 37.4 Å². The molecule has 1 aromatic carbocycles. The van der Waals surface area contributed by atoms with Gasteiger partial charge in [-0.2, -0.15) is 13.2 Å². The van der Waals surface area contributed by atoms with Gasteiger partial charge in [-0.1, -0.05) is 0 Å². The molecule has 144 valence electrons. The van der Waals surface area contributed by atoms with Crippen LogP contribution in [0.4, 0.5) is 18.9 Å². The summed E-state index contributed by atoms with van der Waals surface area (Å²) >= 11 is 0. The van der Waals surface area contributed by atoms with Crippen molar-refractivity contribution in [2.24, 2.45) is 0 Å². The number of carboxylic acids is 1. The maximum atomic E-state index is 13.0. The number of rotatable bonds is 7. The van der Waals surface area contributed by atoms with Gasteiger partial charge in [0.25, 0.3) is 5.91 Å². The Labute approximate surface area is 147 Å². The highest BCUT2D eigenvalue weighted by molar-refractivity contribution is 5.97. The van der Waals surface area contributed by atoms with E-state index in [0.29, 0.717) is 12.1 Å². The third kappa shape index (κ3) is 6.36. The SMILES string of the molecule is COCC(C)(CC(=O)O)NC(=O)c1cc(NC(C)=O)cc(C(F)(F)F)c1. The van der Waals surface area contributed by atoms with Gasteiger partial charge in [-0.15, -0.1) is 0 Å². The van der Waals surface area contributed by atoms with Crippen LogP contribution in [0.2, 0.25) is 0 Å². The van der Waals surface area contributed by atoms with Gasteiger partial charge in [-0.3, -0.25) is 14.4 Å². The van der Waals surface area contributed by atoms with Crippen LogP contribution < -0.4 is 10.6 Å². The molecule has 0 aliphatic carbocycles. The van der Waals surface area contributed by atoms with Crippen LogP contribution in [0.15, 0.2) is 18.2 Å². The second-order valence-corrected chi connectivity index (χ2v) is 6.00. The molecule has 3 N–H and O–H groups in total. The van der Waals surface area contributed by atoms with Gasteiger partial charge >= 0.3 is 12.1 Å². The summed E-state index contributed by atoms with van der Waals surface area (Å²) < 4.78 is 44.0. The minimum Gasteiger partial charge on any atom is -0.481 e. The Balaban J connectivity index is 3.24. The van der Waals surface area contributed by atoms with Crippen LogP contribution in [-0.4, -0.2) is 42.1 Å². The molecule has 0 saturated heterocycles. The Morgan fingerprint density at radius 2 is 1.81 bits per heavy atom. The van der Waals surface area contributed by atoms with Gasteiger partial charge in [0, 0.05) is 25.3 Å². The third-order valence-electron chi connectivity index (χ3n) is 3.26. The Kier molecular flexibility index (Phi) is 6.73. The summed E-state index contributed by atoms with van der Waals surface area (Å²) in [6, 6.07) is 2.39. The fourth-order valence-corrected chi connectivity index (χ4v) is 2.33. The van der Waals surface area contributed by atoms with Crippen molar-refractivity contribution in [3.8, 4) is 0 Å². The number of carbonyl (C=O) groups is 3. The molecule has 7 nitrogen and oxygen atoms in total. The summed E-state index contributed by atoms with van der Waals surface area (Å²) in [5.41, 5.74) is -3.04. The normalized spacial score (nSPS) is 13.6. The van der Waals surface area contributed by atoms with Crippen LogP contribution >= 0.6 is 0 Å². The number of aliphatic carboxylic acids is 1. The molecule has 26 heavy (non-hydrogen) atoms. The van der Waals surface area contributed by atoms with Gasteiger partial charge < -0.3 is 20.5 Å². The molecule has 1 aromatic rings. The molecule has 1 atom stereocenters. The number of hydrogen-bond acceptors (Lipinski definition) is 4. The quantitative estimate of drug-likeness (QED) is 0.677. The molecule has 0 bridgehead atoms. The fraction of sp³-hybridized carbons (Fsp3) is 0.438. The van der Waals surface area contributed by atoms with E-state index in [9.17, 15) is 27.6 Å². The Bertz CT molecular complexity index is 706. The van der Waals surface area contributed by atoms with E-state index in [0.717, 1.165) is 13.0 Å². The Hall–Kier alpha value is -2.62. The molecule has 0 aliphatic heterocycles. The predicted octanol–water partition coefficient (Wildman–Crippen LogP) is 2.27. The van der Waals surface area contributed by atoms with Crippen molar-refractivity contribution in [2.45, 2.75) is 32.0 Å². The standard InChI is InChI=1S/C16H19F3N2O5/c1-9(22)20-12-5-10(4-11(6-12)16(17,18)19)14(25)21-15(2,8-26-3)7-13(23)24/h4-6H,7-8H2,1-3H3,(H,20,22)(H,21,25)(H,23,24). The van der Waals surface area contributed by atoms with Crippen molar-refractivity contribution in [2.75, 3.05) is 19.0 Å². The first-order valence-corrected chi connectivity index (χ1v) is 7.39. The molecular formula is C16H19F3N2O5. The van der Waals surface area contributed by atoms with Gasteiger partial charge in [-0.25, -0.2) is 0 Å². The van der Waals surface area contributed by atoms with Crippen LogP contribution in [-0.2, 0) is 20.5 Å². The number of amides is 2. The fourth-order valence-electron chi connectivity index (χ4n) is 2.33. The summed E-state index contributed by atoms with van der Waals surface area (Å²) in [5.74, 6) is -2.75. The van der Waals surface area contributed by atoms with Crippen LogP contribution in [0.25, 0.3) is 0 Å². The Morgan fingerprint density at radius 3 is 2.27 bits per heavy atom. The highest BCUT2D eigenvalue weighted by atomic mass is 19.4. The molecule has 0 saturated carbocycles. The van der Waals surface area contributed by atoms with Crippen LogP contribution in [0.5, 0.6) is 0 Å². The number of nitrogens with one attached hydrogen (secondary N) is 2. The van der Waals surface area contributed by atoms with Gasteiger partial charge in [0.1, 0.15) is 0 Å². The first-order valence-electron chi connectivity index (χ1n) is 7.39. The molecule has 2 amide bonds. The lowest BCUT2D eigenvalue weighted by Crippen LogP contribution is -2.50. The lowest BCUT2D eigenvalue weighted by molar-refractivity contribution is -0.139. The minimum absolute atomic E-state index is 0.164. The number of alkyl halides is 3. The number of hydrogen-bond donors (Lipinski definition) is 3. The average molecular weight is 376 g/mol. The maximum absolute atomic E-state index is 13.0. The number of ether oxygens (including phenoxy) is 1. The average Bonchev–Trinajstić information content (AvgIpc) is 2.44. The van der Waals surface area contributed by atoms with E-state index in [1.807, 2.05) is 0 Å². The van der Waals surface area contributed by atoms with Crippen LogP contribution in [0, 0.1) is 0 Å². The van der Waals surface area contributed by atoms with E-state index in [1.54, 1.807) is 0 Å². The molecule has 0 radical (unpaired) electrons. The Morgan fingerprint density at radius 1 is 1.19 bits per heavy atom. The number of carboxylic acid groups (broad SMARTS) is 1. The zero-order chi connectivity index (χ0) is 20.1. The summed E-state index contributed by atoms with van der Waals surface area (Å²) in [6.07, 6.45) is -5.23. The number of carbonyl (C=O) groups excluding carboxylic acids is 2. The number of anilines is 1. The van der Waals surface area contributed by atoms with Crippen LogP contribution in [0.1, 0.15) is 36.2 Å². The van der Waals surface area contributed by atoms with E-state index < -0.39 is 41.5 Å². The second-order valence-electron chi connectivity index (χ2n) is 6.00. The summed E-state index contributed by atoms with van der Waals surface area (Å²) in [7, 11) is 1.30. The molecule has 0 spiro atoms. The van der Waals surface area contributed by atoms with E-state index >= 15 is 0 Å². The monoisotopic (exact) mass is 376 g/mol. The first kappa shape index (κ1) is 21.4. The highest BCUT2D eigenvalue weighted by Crippen LogP contribution is 2.32. The smallest absolute Gasteiger partial charge is 0.416 e. The van der Waals surface area contributed by atoms with Crippen molar-refractivity contribution >= 4 is 23.5 Å². The second kappa shape index (κ2) is 8.17. The van der Waals surface area contributed by atoms with E-state index in [1.165, 1.54) is 14.0 Å². The van der Waals surface area contributed by atoms with E-state index in [2.05, 4.69) is 10.6 Å². The van der Waals surface area contributed by atoms with Gasteiger partial charge in [0.2, 0.25) is 5.91 Å². The molecule has 1 unspecified atom stereocenters. The summed E-state index contributed by atoms with van der Waals surface area (Å²) in [6.45, 7) is 2.34. The third-order valence-corrected chi connectivity index (χ3v) is 3.26. The molecule has 10 heteroatoms. The maximum Gasteiger partial charge on any atom is 0.416 e. The molecule has 0 fully saturated rings. The zero-order valence-corrected chi connectivity index (χ0v) is 14.4. The summed E-state index contributed by atoms with van der Waals surface area (Å²) in [5, 5.41) is 13.5. The molecule has 0 aromatic heterocycles. The molecule has 1 rings (SSSR count). The highest BCUT2D eigenvalue weighted by Gasteiger charge is 2.34. The predicted molar refractivity (Wildman–Crippen MR) is 85.7 cm³/mol. The van der Waals surface area contributed by atoms with Crippen molar-refractivity contribution in [3.63, 3.8) is 0 Å². The lowest BCUT2D eigenvalue weighted by Gasteiger charge is -2.28. The molecular weight excluding hydrogens is 357 g/mol. The number of methoxy groups -OCH3 is 1. The van der Waals surface area contributed by atoms with Crippen molar-refractivity contribution in [3.05, 3.63) is 29.3 Å². The van der Waals surface area contributed by atoms with Gasteiger partial charge in [0.15, 0.2) is 0 Å². The lowest BCUT2D eigenvalue weighted by atomic mass is 9.97. The molecule has 0 heterocycles.